The fourth-order valence-electron chi connectivity index (χ4n) is 3.04. The van der Waals surface area contributed by atoms with Crippen molar-refractivity contribution in [2.45, 2.75) is 6.92 Å². The molecule has 1 aliphatic rings. The number of thiocarbonyl (C=S) groups is 1. The van der Waals surface area contributed by atoms with Gasteiger partial charge in [0.25, 0.3) is 11.8 Å². The molecule has 0 saturated carbocycles. The monoisotopic (exact) mass is 464 g/mol. The highest BCUT2D eigenvalue weighted by Crippen LogP contribution is 2.33. The summed E-state index contributed by atoms with van der Waals surface area (Å²) in [5.74, 6) is -1.07. The largest absolute Gasteiger partial charge is 0.478 e. The Morgan fingerprint density at radius 3 is 2.56 bits per heavy atom. The Morgan fingerprint density at radius 1 is 1.09 bits per heavy atom. The van der Waals surface area contributed by atoms with Gasteiger partial charge in [0.2, 0.25) is 0 Å². The first-order valence-corrected chi connectivity index (χ1v) is 10.6. The van der Waals surface area contributed by atoms with E-state index in [1.54, 1.807) is 54.6 Å². The van der Waals surface area contributed by atoms with Gasteiger partial charge in [-0.2, -0.15) is 5.01 Å². The second-order valence-corrected chi connectivity index (χ2v) is 8.54. The van der Waals surface area contributed by atoms with Gasteiger partial charge >= 0.3 is 5.97 Å². The van der Waals surface area contributed by atoms with Crippen LogP contribution in [0.5, 0.6) is 0 Å². The van der Waals surface area contributed by atoms with Crippen LogP contribution in [-0.4, -0.2) is 32.2 Å². The van der Waals surface area contributed by atoms with Crippen molar-refractivity contribution in [3.8, 4) is 11.3 Å². The molecule has 0 radical (unpaired) electrons. The van der Waals surface area contributed by atoms with Crippen molar-refractivity contribution < 1.29 is 23.9 Å². The first-order valence-electron chi connectivity index (χ1n) is 9.41. The Hall–Kier alpha value is -3.69. The number of rotatable bonds is 5. The summed E-state index contributed by atoms with van der Waals surface area (Å²) >= 11 is 6.29. The number of hydrogen-bond donors (Lipinski definition) is 2. The van der Waals surface area contributed by atoms with E-state index < -0.39 is 17.8 Å². The van der Waals surface area contributed by atoms with Crippen LogP contribution in [-0.2, 0) is 4.79 Å². The quantitative estimate of drug-likeness (QED) is 0.424. The van der Waals surface area contributed by atoms with Gasteiger partial charge in [-0.3, -0.25) is 15.0 Å². The fourth-order valence-corrected chi connectivity index (χ4v) is 4.20. The van der Waals surface area contributed by atoms with Crippen LogP contribution in [0.2, 0.25) is 0 Å². The van der Waals surface area contributed by atoms with Crippen molar-refractivity contribution in [1.29, 1.82) is 0 Å². The molecule has 0 aliphatic carbocycles. The topological polar surface area (TPSA) is 99.9 Å². The molecule has 1 aliphatic heterocycles. The summed E-state index contributed by atoms with van der Waals surface area (Å²) in [6.45, 7) is 1.85. The average Bonchev–Trinajstić information content (AvgIpc) is 3.34. The molecular formula is C23H16N2O5S2. The highest BCUT2D eigenvalue weighted by atomic mass is 32.2. The van der Waals surface area contributed by atoms with Gasteiger partial charge in [0.1, 0.15) is 11.5 Å². The minimum Gasteiger partial charge on any atom is -0.478 e. The standard InChI is InChI=1S/C23H16N2O5S2/c1-13-7-8-15(22(28)29)11-17(13)18-10-9-16(30-18)12-19-21(27)25(23(31)32-19)24-20(26)14-5-3-2-4-6-14/h2-12H,1H3,(H,24,26)(H,28,29)/b19-12+. The van der Waals surface area contributed by atoms with Gasteiger partial charge in [-0.25, -0.2) is 4.79 Å². The highest BCUT2D eigenvalue weighted by molar-refractivity contribution is 8.26. The number of benzene rings is 2. The van der Waals surface area contributed by atoms with E-state index in [0.717, 1.165) is 22.3 Å². The van der Waals surface area contributed by atoms with Crippen LogP contribution in [0.25, 0.3) is 17.4 Å². The molecular weight excluding hydrogens is 448 g/mol. The lowest BCUT2D eigenvalue weighted by Gasteiger charge is -2.15. The highest BCUT2D eigenvalue weighted by Gasteiger charge is 2.34. The van der Waals surface area contributed by atoms with Crippen molar-refractivity contribution in [2.24, 2.45) is 0 Å². The maximum Gasteiger partial charge on any atom is 0.335 e. The molecule has 0 spiro atoms. The molecule has 1 fully saturated rings. The molecule has 0 unspecified atom stereocenters. The molecule has 3 aromatic rings. The maximum absolute atomic E-state index is 12.8. The molecule has 4 rings (SSSR count). The van der Waals surface area contributed by atoms with Gasteiger partial charge in [-0.1, -0.05) is 36.0 Å². The number of hydrazine groups is 1. The van der Waals surface area contributed by atoms with E-state index >= 15 is 0 Å². The van der Waals surface area contributed by atoms with E-state index in [-0.39, 0.29) is 9.88 Å². The van der Waals surface area contributed by atoms with Crippen LogP contribution in [0.15, 0.2) is 70.0 Å². The van der Waals surface area contributed by atoms with Gasteiger partial charge in [-0.15, -0.1) is 0 Å². The number of thioether (sulfide) groups is 1. The van der Waals surface area contributed by atoms with E-state index in [0.29, 0.717) is 27.6 Å². The van der Waals surface area contributed by atoms with Gasteiger partial charge in [0.15, 0.2) is 4.32 Å². The first kappa shape index (κ1) is 21.5. The van der Waals surface area contributed by atoms with E-state index in [2.05, 4.69) is 5.43 Å². The van der Waals surface area contributed by atoms with E-state index in [1.165, 1.54) is 12.1 Å². The number of furan rings is 1. The molecule has 1 aromatic heterocycles. The summed E-state index contributed by atoms with van der Waals surface area (Å²) < 4.78 is 6.03. The summed E-state index contributed by atoms with van der Waals surface area (Å²) in [5.41, 5.74) is 4.57. The van der Waals surface area contributed by atoms with Crippen LogP contribution < -0.4 is 5.43 Å². The van der Waals surface area contributed by atoms with Crippen LogP contribution in [0.3, 0.4) is 0 Å². The predicted octanol–water partition coefficient (Wildman–Crippen LogP) is 4.50. The number of carboxylic acid groups (broad SMARTS) is 1. The first-order chi connectivity index (χ1) is 15.3. The zero-order chi connectivity index (χ0) is 22.8. The smallest absolute Gasteiger partial charge is 0.335 e. The number of carbonyl (C=O) groups excluding carboxylic acids is 2. The van der Waals surface area contributed by atoms with Gasteiger partial charge in [0, 0.05) is 17.2 Å². The number of hydrogen-bond acceptors (Lipinski definition) is 6. The molecule has 7 nitrogen and oxygen atoms in total. The van der Waals surface area contributed by atoms with Gasteiger partial charge in [0.05, 0.1) is 10.5 Å². The molecule has 32 heavy (non-hydrogen) atoms. The predicted molar refractivity (Wildman–Crippen MR) is 125 cm³/mol. The van der Waals surface area contributed by atoms with Gasteiger partial charge in [-0.05, 0) is 61.1 Å². The lowest BCUT2D eigenvalue weighted by Crippen LogP contribution is -2.44. The Morgan fingerprint density at radius 2 is 1.84 bits per heavy atom. The lowest BCUT2D eigenvalue weighted by atomic mass is 10.0. The molecule has 0 bridgehead atoms. The average molecular weight is 465 g/mol. The molecule has 2 heterocycles. The molecule has 9 heteroatoms. The molecule has 1 saturated heterocycles. The summed E-state index contributed by atoms with van der Waals surface area (Å²) in [5, 5.41) is 10.3. The van der Waals surface area contributed by atoms with E-state index in [9.17, 15) is 19.5 Å². The normalized spacial score (nSPS) is 14.8. The number of carboxylic acids is 1. The Labute approximate surface area is 192 Å². The van der Waals surface area contributed by atoms with Crippen LogP contribution in [0.4, 0.5) is 0 Å². The van der Waals surface area contributed by atoms with Crippen molar-refractivity contribution >= 4 is 52.2 Å². The third-order valence-corrected chi connectivity index (χ3v) is 6.00. The number of aromatic carboxylic acids is 1. The number of aryl methyl sites for hydroxylation is 1. The molecule has 2 aromatic carbocycles. The minimum atomic E-state index is -1.03. The summed E-state index contributed by atoms with van der Waals surface area (Å²) in [4.78, 5) is 36.7. The van der Waals surface area contributed by atoms with Crippen molar-refractivity contribution in [3.63, 3.8) is 0 Å². The van der Waals surface area contributed by atoms with Crippen molar-refractivity contribution in [3.05, 3.63) is 88.0 Å². The summed E-state index contributed by atoms with van der Waals surface area (Å²) in [7, 11) is 0. The van der Waals surface area contributed by atoms with E-state index in [1.807, 2.05) is 6.92 Å². The molecule has 2 N–H and O–H groups in total. The third-order valence-electron chi connectivity index (χ3n) is 4.69. The second-order valence-electron chi connectivity index (χ2n) is 6.86. The van der Waals surface area contributed by atoms with Crippen LogP contribution >= 0.6 is 24.0 Å². The number of amides is 2. The number of nitrogens with zero attached hydrogens (tertiary/aromatic N) is 1. The molecule has 160 valence electrons. The summed E-state index contributed by atoms with van der Waals surface area (Å²) in [6, 6.07) is 16.7. The second kappa shape index (κ2) is 8.81. The van der Waals surface area contributed by atoms with Gasteiger partial charge < -0.3 is 9.52 Å². The van der Waals surface area contributed by atoms with Crippen LogP contribution in [0.1, 0.15) is 32.0 Å². The number of nitrogens with one attached hydrogen (secondary N) is 1. The lowest BCUT2D eigenvalue weighted by molar-refractivity contribution is -0.123. The Kier molecular flexibility index (Phi) is 5.93. The minimum absolute atomic E-state index is 0.151. The van der Waals surface area contributed by atoms with Crippen molar-refractivity contribution in [2.75, 3.05) is 0 Å². The molecule has 2 amide bonds. The maximum atomic E-state index is 12.8. The van der Waals surface area contributed by atoms with Crippen LogP contribution in [0, 0.1) is 6.92 Å². The zero-order valence-corrected chi connectivity index (χ0v) is 18.3. The zero-order valence-electron chi connectivity index (χ0n) is 16.7. The summed E-state index contributed by atoms with van der Waals surface area (Å²) in [6.07, 6.45) is 1.54. The number of carbonyl (C=O) groups is 3. The Bertz CT molecular complexity index is 1280. The Balaban J connectivity index is 1.54. The molecule has 0 atom stereocenters. The van der Waals surface area contributed by atoms with Crippen molar-refractivity contribution in [1.82, 2.24) is 10.4 Å². The fraction of sp³-hybridized carbons (Fsp3) is 0.0435. The third kappa shape index (κ3) is 4.34. The van der Waals surface area contributed by atoms with E-state index in [4.69, 9.17) is 16.6 Å². The SMILES string of the molecule is Cc1ccc(C(=O)O)cc1-c1ccc(/C=C2/SC(=S)N(NC(=O)c3ccccc3)C2=O)o1.